The van der Waals surface area contributed by atoms with Crippen molar-refractivity contribution in [2.75, 3.05) is 23.7 Å². The van der Waals surface area contributed by atoms with Crippen molar-refractivity contribution in [1.29, 1.82) is 0 Å². The van der Waals surface area contributed by atoms with Crippen LogP contribution in [-0.2, 0) is 26.0 Å². The lowest BCUT2D eigenvalue weighted by Crippen LogP contribution is -2.53. The minimum Gasteiger partial charge on any atom is -0.352 e. The highest BCUT2D eigenvalue weighted by Crippen LogP contribution is 2.26. The normalized spacial score (nSPS) is 15.0. The molecular weight excluding hydrogens is 486 g/mol. The van der Waals surface area contributed by atoms with Gasteiger partial charge < -0.3 is 10.2 Å². The van der Waals surface area contributed by atoms with E-state index in [1.807, 2.05) is 30.3 Å². The van der Waals surface area contributed by atoms with Crippen molar-refractivity contribution >= 4 is 39.1 Å². The molecule has 1 saturated carbocycles. The second-order valence-corrected chi connectivity index (χ2v) is 11.5. The Labute approximate surface area is 213 Å². The number of hydrogen-bond acceptors (Lipinski definition) is 4. The van der Waals surface area contributed by atoms with E-state index in [-0.39, 0.29) is 18.5 Å². The third kappa shape index (κ3) is 7.45. The minimum atomic E-state index is -3.79. The van der Waals surface area contributed by atoms with Crippen LogP contribution in [0.3, 0.4) is 0 Å². The number of amides is 2. The van der Waals surface area contributed by atoms with Gasteiger partial charge in [0, 0.05) is 17.6 Å². The lowest BCUT2D eigenvalue weighted by molar-refractivity contribution is -0.139. The first-order valence-corrected chi connectivity index (χ1v) is 14.2. The molecule has 0 aromatic heterocycles. The predicted molar refractivity (Wildman–Crippen MR) is 140 cm³/mol. The summed E-state index contributed by atoms with van der Waals surface area (Å²) in [6.45, 7) is 3.33. The van der Waals surface area contributed by atoms with E-state index in [9.17, 15) is 18.0 Å². The Morgan fingerprint density at radius 1 is 1.11 bits per heavy atom. The van der Waals surface area contributed by atoms with Crippen molar-refractivity contribution in [1.82, 2.24) is 10.2 Å². The first kappa shape index (κ1) is 27.0. The molecule has 0 saturated heterocycles. The van der Waals surface area contributed by atoms with Gasteiger partial charge in [-0.2, -0.15) is 0 Å². The number of hydrogen-bond donors (Lipinski definition) is 1. The molecule has 1 aliphatic rings. The lowest BCUT2D eigenvalue weighted by Gasteiger charge is -2.32. The largest absolute Gasteiger partial charge is 0.352 e. The predicted octanol–water partition coefficient (Wildman–Crippen LogP) is 3.93. The van der Waals surface area contributed by atoms with Gasteiger partial charge in [-0.25, -0.2) is 8.42 Å². The quantitative estimate of drug-likeness (QED) is 0.515. The zero-order valence-corrected chi connectivity index (χ0v) is 22.1. The van der Waals surface area contributed by atoms with Crippen LogP contribution in [0, 0.1) is 6.92 Å². The van der Waals surface area contributed by atoms with Crippen molar-refractivity contribution in [3.8, 4) is 0 Å². The molecule has 0 unspecified atom stereocenters. The van der Waals surface area contributed by atoms with Crippen LogP contribution in [0.1, 0.15) is 43.7 Å². The summed E-state index contributed by atoms with van der Waals surface area (Å²) in [5.74, 6) is -0.664. The number of carbonyl (C=O) groups is 2. The van der Waals surface area contributed by atoms with E-state index in [0.29, 0.717) is 22.7 Å². The van der Waals surface area contributed by atoms with Gasteiger partial charge in [-0.1, -0.05) is 60.8 Å². The van der Waals surface area contributed by atoms with Crippen LogP contribution in [-0.4, -0.2) is 56.6 Å². The van der Waals surface area contributed by atoms with Gasteiger partial charge in [0.25, 0.3) is 0 Å². The van der Waals surface area contributed by atoms with Crippen molar-refractivity contribution in [3.63, 3.8) is 0 Å². The molecule has 3 rings (SSSR count). The molecule has 0 radical (unpaired) electrons. The van der Waals surface area contributed by atoms with Gasteiger partial charge in [-0.15, -0.1) is 0 Å². The number of nitrogens with zero attached hydrogens (tertiary/aromatic N) is 2. The molecule has 9 heteroatoms. The lowest BCUT2D eigenvalue weighted by atomic mass is 10.1. The van der Waals surface area contributed by atoms with Gasteiger partial charge in [0.1, 0.15) is 12.6 Å². The van der Waals surface area contributed by atoms with Gasteiger partial charge in [0.2, 0.25) is 21.8 Å². The molecule has 0 aliphatic heterocycles. The average Bonchev–Trinajstić information content (AvgIpc) is 3.32. The first-order valence-electron chi connectivity index (χ1n) is 11.9. The van der Waals surface area contributed by atoms with Crippen molar-refractivity contribution in [3.05, 3.63) is 64.7 Å². The van der Waals surface area contributed by atoms with Gasteiger partial charge in [-0.05, 0) is 56.4 Å². The Bertz CT molecular complexity index is 1130. The second-order valence-electron chi connectivity index (χ2n) is 9.19. The third-order valence-electron chi connectivity index (χ3n) is 6.47. The van der Waals surface area contributed by atoms with Crippen LogP contribution in [0.2, 0.25) is 5.02 Å². The number of halogens is 1. The van der Waals surface area contributed by atoms with Gasteiger partial charge in [-0.3, -0.25) is 13.9 Å². The van der Waals surface area contributed by atoms with E-state index in [1.54, 1.807) is 26.0 Å². The molecule has 0 bridgehead atoms. The number of nitrogens with one attached hydrogen (secondary N) is 1. The zero-order valence-electron chi connectivity index (χ0n) is 20.5. The fraction of sp³-hybridized carbons (Fsp3) is 0.462. The zero-order chi connectivity index (χ0) is 25.6. The number of carbonyl (C=O) groups excluding carboxylic acids is 2. The Morgan fingerprint density at radius 3 is 2.40 bits per heavy atom. The van der Waals surface area contributed by atoms with Crippen LogP contribution < -0.4 is 9.62 Å². The molecule has 190 valence electrons. The van der Waals surface area contributed by atoms with Crippen molar-refractivity contribution in [2.24, 2.45) is 0 Å². The fourth-order valence-electron chi connectivity index (χ4n) is 4.41. The first-order chi connectivity index (χ1) is 16.6. The smallest absolute Gasteiger partial charge is 0.244 e. The number of rotatable bonds is 10. The van der Waals surface area contributed by atoms with E-state index in [4.69, 9.17) is 11.6 Å². The highest BCUT2D eigenvalue weighted by atomic mass is 35.5. The maximum atomic E-state index is 13.6. The number of benzene rings is 2. The Hall–Kier alpha value is -2.58. The Kier molecular flexibility index (Phi) is 9.19. The molecule has 7 nitrogen and oxygen atoms in total. The molecule has 0 heterocycles. The van der Waals surface area contributed by atoms with E-state index in [0.717, 1.165) is 41.8 Å². The standard InChI is InChI=1S/C26H34ClN3O4S/c1-19-13-14-22(27)17-24(19)30(35(3,33)34)18-25(31)29(16-15-21-9-5-4-6-10-21)20(2)26(32)28-23-11-7-8-12-23/h4-6,9-10,13-14,17,20,23H,7-8,11-12,15-16,18H2,1-3H3,(H,28,32)/t20-/m1/s1. The van der Waals surface area contributed by atoms with Crippen LogP contribution >= 0.6 is 11.6 Å². The van der Waals surface area contributed by atoms with Gasteiger partial charge in [0.15, 0.2) is 0 Å². The van der Waals surface area contributed by atoms with Crippen molar-refractivity contribution in [2.45, 2.75) is 58.0 Å². The van der Waals surface area contributed by atoms with E-state index < -0.39 is 28.5 Å². The molecule has 1 atom stereocenters. The summed E-state index contributed by atoms with van der Waals surface area (Å²) in [6.07, 6.45) is 5.64. The minimum absolute atomic E-state index is 0.123. The van der Waals surface area contributed by atoms with Crippen LogP contribution in [0.5, 0.6) is 0 Å². The molecule has 0 spiro atoms. The number of anilines is 1. The summed E-state index contributed by atoms with van der Waals surface area (Å²) < 4.78 is 26.5. The van der Waals surface area contributed by atoms with Gasteiger partial charge >= 0.3 is 0 Å². The van der Waals surface area contributed by atoms with Gasteiger partial charge in [0.05, 0.1) is 11.9 Å². The summed E-state index contributed by atoms with van der Waals surface area (Å²) >= 11 is 6.13. The summed E-state index contributed by atoms with van der Waals surface area (Å²) in [4.78, 5) is 28.1. The van der Waals surface area contributed by atoms with E-state index in [1.165, 1.54) is 11.0 Å². The molecule has 2 aromatic carbocycles. The molecule has 1 aliphatic carbocycles. The average molecular weight is 520 g/mol. The Balaban J connectivity index is 1.85. The molecule has 2 aromatic rings. The molecular formula is C26H34ClN3O4S. The summed E-state index contributed by atoms with van der Waals surface area (Å²) in [5.41, 5.74) is 2.05. The Morgan fingerprint density at radius 2 is 1.77 bits per heavy atom. The fourth-order valence-corrected chi connectivity index (χ4v) is 5.47. The van der Waals surface area contributed by atoms with Crippen LogP contribution in [0.25, 0.3) is 0 Å². The maximum Gasteiger partial charge on any atom is 0.244 e. The molecule has 1 fully saturated rings. The summed E-state index contributed by atoms with van der Waals surface area (Å²) in [5, 5.41) is 3.43. The third-order valence-corrected chi connectivity index (χ3v) is 7.83. The highest BCUT2D eigenvalue weighted by molar-refractivity contribution is 7.92. The summed E-state index contributed by atoms with van der Waals surface area (Å²) in [6, 6.07) is 14.0. The summed E-state index contributed by atoms with van der Waals surface area (Å²) in [7, 11) is -3.79. The second kappa shape index (κ2) is 11.9. The SMILES string of the molecule is Cc1ccc(Cl)cc1N(CC(=O)N(CCc1ccccc1)[C@H](C)C(=O)NC1CCCC1)S(C)(=O)=O. The monoisotopic (exact) mass is 519 g/mol. The number of sulfonamides is 1. The highest BCUT2D eigenvalue weighted by Gasteiger charge is 2.31. The topological polar surface area (TPSA) is 86.8 Å². The number of aryl methyl sites for hydroxylation is 1. The maximum absolute atomic E-state index is 13.6. The van der Waals surface area contributed by atoms with Crippen molar-refractivity contribution < 1.29 is 18.0 Å². The van der Waals surface area contributed by atoms with Crippen LogP contribution in [0.15, 0.2) is 48.5 Å². The molecule has 35 heavy (non-hydrogen) atoms. The van der Waals surface area contributed by atoms with E-state index in [2.05, 4.69) is 5.32 Å². The van der Waals surface area contributed by atoms with E-state index >= 15 is 0 Å². The molecule has 1 N–H and O–H groups in total. The van der Waals surface area contributed by atoms with Crippen LogP contribution in [0.4, 0.5) is 5.69 Å². The molecule has 2 amide bonds.